The quantitative estimate of drug-likeness (QED) is 0.910. The van der Waals surface area contributed by atoms with Crippen molar-refractivity contribution in [1.29, 1.82) is 0 Å². The summed E-state index contributed by atoms with van der Waals surface area (Å²) in [6, 6.07) is 6.22. The molecule has 6 heteroatoms. The Morgan fingerprint density at radius 2 is 1.85 bits per heavy atom. The van der Waals surface area contributed by atoms with Crippen molar-refractivity contribution < 1.29 is 22.6 Å². The van der Waals surface area contributed by atoms with Crippen LogP contribution in [-0.2, 0) is 4.74 Å². The predicted octanol–water partition coefficient (Wildman–Crippen LogP) is 3.95. The molecule has 1 aromatic rings. The van der Waals surface area contributed by atoms with E-state index >= 15 is 0 Å². The lowest BCUT2D eigenvalue weighted by molar-refractivity contribution is -0.274. The van der Waals surface area contributed by atoms with E-state index in [0.717, 1.165) is 25.7 Å². The molecule has 0 radical (unpaired) electrons. The normalized spacial score (nSPS) is 23.4. The summed E-state index contributed by atoms with van der Waals surface area (Å²) < 4.78 is 45.7. The molecule has 1 N–H and O–H groups in total. The van der Waals surface area contributed by atoms with Crippen molar-refractivity contribution in [3.05, 3.63) is 24.3 Å². The van der Waals surface area contributed by atoms with Crippen LogP contribution in [0.3, 0.4) is 0 Å². The van der Waals surface area contributed by atoms with Crippen molar-refractivity contribution in [2.24, 2.45) is 0 Å². The molecule has 1 aliphatic rings. The van der Waals surface area contributed by atoms with Crippen LogP contribution in [-0.4, -0.2) is 25.6 Å². The molecule has 0 aromatic heterocycles. The first-order valence-electron chi connectivity index (χ1n) is 6.61. The van der Waals surface area contributed by atoms with Gasteiger partial charge in [-0.25, -0.2) is 0 Å². The summed E-state index contributed by atoms with van der Waals surface area (Å²) in [6.07, 6.45) is -0.534. The molecule has 0 heterocycles. The highest BCUT2D eigenvalue weighted by Gasteiger charge is 2.31. The molecule has 0 saturated heterocycles. The summed E-state index contributed by atoms with van der Waals surface area (Å²) in [5, 5.41) is 3.25. The first-order chi connectivity index (χ1) is 9.46. The molecule has 1 aliphatic carbocycles. The second-order valence-electron chi connectivity index (χ2n) is 4.93. The summed E-state index contributed by atoms with van der Waals surface area (Å²) in [5.41, 5.74) is 0.646. The molecule has 0 spiro atoms. The molecule has 0 bridgehead atoms. The number of hydrogen-bond acceptors (Lipinski definition) is 3. The van der Waals surface area contributed by atoms with E-state index in [1.165, 1.54) is 12.1 Å². The Hall–Kier alpha value is -1.43. The van der Waals surface area contributed by atoms with E-state index in [0.29, 0.717) is 11.8 Å². The molecule has 3 nitrogen and oxygen atoms in total. The smallest absolute Gasteiger partial charge is 0.406 e. The molecule has 0 unspecified atom stereocenters. The first kappa shape index (κ1) is 15.0. The molecule has 1 saturated carbocycles. The van der Waals surface area contributed by atoms with Crippen LogP contribution in [0.15, 0.2) is 24.3 Å². The number of halogens is 3. The Balaban J connectivity index is 1.92. The molecular weight excluding hydrogens is 271 g/mol. The zero-order valence-electron chi connectivity index (χ0n) is 11.2. The number of ether oxygens (including phenoxy) is 2. The fraction of sp³-hybridized carbons (Fsp3) is 0.571. The van der Waals surface area contributed by atoms with Gasteiger partial charge in [0.25, 0.3) is 0 Å². The van der Waals surface area contributed by atoms with Gasteiger partial charge in [0.1, 0.15) is 5.75 Å². The van der Waals surface area contributed by atoms with E-state index in [9.17, 15) is 13.2 Å². The maximum absolute atomic E-state index is 12.2. The lowest BCUT2D eigenvalue weighted by atomic mass is 9.93. The Morgan fingerprint density at radius 3 is 2.45 bits per heavy atom. The summed E-state index contributed by atoms with van der Waals surface area (Å²) in [7, 11) is 1.70. The SMILES string of the molecule is COC1CCC(Nc2cccc(OC(F)(F)F)c2)CC1. The summed E-state index contributed by atoms with van der Waals surface area (Å²) in [5.74, 6) is -0.201. The van der Waals surface area contributed by atoms with Crippen LogP contribution < -0.4 is 10.1 Å². The van der Waals surface area contributed by atoms with Crippen molar-refractivity contribution in [3.63, 3.8) is 0 Å². The van der Waals surface area contributed by atoms with Gasteiger partial charge in [-0.3, -0.25) is 0 Å². The number of rotatable bonds is 4. The highest BCUT2D eigenvalue weighted by Crippen LogP contribution is 2.28. The van der Waals surface area contributed by atoms with Gasteiger partial charge >= 0.3 is 6.36 Å². The number of anilines is 1. The minimum absolute atomic E-state index is 0.201. The maximum Gasteiger partial charge on any atom is 0.573 e. The number of benzene rings is 1. The second-order valence-corrected chi connectivity index (χ2v) is 4.93. The van der Waals surface area contributed by atoms with Crippen LogP contribution in [0.5, 0.6) is 5.75 Å². The molecule has 1 aromatic carbocycles. The fourth-order valence-electron chi connectivity index (χ4n) is 2.46. The summed E-state index contributed by atoms with van der Waals surface area (Å²) >= 11 is 0. The van der Waals surface area contributed by atoms with Gasteiger partial charge < -0.3 is 14.8 Å². The van der Waals surface area contributed by atoms with Gasteiger partial charge in [-0.05, 0) is 37.8 Å². The molecule has 20 heavy (non-hydrogen) atoms. The minimum atomic E-state index is -4.66. The fourth-order valence-corrected chi connectivity index (χ4v) is 2.46. The number of alkyl halides is 3. The van der Waals surface area contributed by atoms with Crippen LogP contribution in [0.25, 0.3) is 0 Å². The van der Waals surface area contributed by atoms with Gasteiger partial charge in [0.2, 0.25) is 0 Å². The molecule has 1 fully saturated rings. The molecular formula is C14H18F3NO2. The summed E-state index contributed by atoms with van der Waals surface area (Å²) in [6.45, 7) is 0. The van der Waals surface area contributed by atoms with Crippen LogP contribution >= 0.6 is 0 Å². The Labute approximate surface area is 116 Å². The lowest BCUT2D eigenvalue weighted by Crippen LogP contribution is -2.29. The van der Waals surface area contributed by atoms with Crippen molar-refractivity contribution in [2.45, 2.75) is 44.2 Å². The van der Waals surface area contributed by atoms with Crippen LogP contribution in [0.2, 0.25) is 0 Å². The zero-order chi connectivity index (χ0) is 14.6. The first-order valence-corrected chi connectivity index (χ1v) is 6.61. The average molecular weight is 289 g/mol. The molecule has 112 valence electrons. The van der Waals surface area contributed by atoms with Crippen molar-refractivity contribution in [2.75, 3.05) is 12.4 Å². The van der Waals surface area contributed by atoms with E-state index in [1.54, 1.807) is 19.2 Å². The number of hydrogen-bond donors (Lipinski definition) is 1. The van der Waals surface area contributed by atoms with Crippen LogP contribution in [0.1, 0.15) is 25.7 Å². The third kappa shape index (κ3) is 4.59. The molecule has 0 amide bonds. The number of methoxy groups -OCH3 is 1. The van der Waals surface area contributed by atoms with Gasteiger partial charge in [0, 0.05) is 24.9 Å². The second kappa shape index (κ2) is 6.35. The maximum atomic E-state index is 12.2. The largest absolute Gasteiger partial charge is 0.573 e. The lowest BCUT2D eigenvalue weighted by Gasteiger charge is -2.29. The van der Waals surface area contributed by atoms with Crippen molar-refractivity contribution in [1.82, 2.24) is 0 Å². The predicted molar refractivity (Wildman–Crippen MR) is 69.8 cm³/mol. The Bertz CT molecular complexity index is 429. The minimum Gasteiger partial charge on any atom is -0.406 e. The molecule has 2 rings (SSSR count). The van der Waals surface area contributed by atoms with E-state index in [4.69, 9.17) is 4.74 Å². The van der Waals surface area contributed by atoms with Crippen LogP contribution in [0, 0.1) is 0 Å². The highest BCUT2D eigenvalue weighted by molar-refractivity contribution is 5.49. The highest BCUT2D eigenvalue weighted by atomic mass is 19.4. The Kier molecular flexibility index (Phi) is 4.75. The standard InChI is InChI=1S/C14H18F3NO2/c1-19-12-7-5-10(6-8-12)18-11-3-2-4-13(9-11)20-14(15,16)17/h2-4,9-10,12,18H,5-8H2,1H3. The van der Waals surface area contributed by atoms with E-state index < -0.39 is 6.36 Å². The zero-order valence-corrected chi connectivity index (χ0v) is 11.2. The van der Waals surface area contributed by atoms with Gasteiger partial charge in [-0.15, -0.1) is 13.2 Å². The average Bonchev–Trinajstić information content (AvgIpc) is 2.38. The van der Waals surface area contributed by atoms with Gasteiger partial charge in [-0.2, -0.15) is 0 Å². The third-order valence-electron chi connectivity index (χ3n) is 3.45. The monoisotopic (exact) mass is 289 g/mol. The van der Waals surface area contributed by atoms with Gasteiger partial charge in [0.15, 0.2) is 0 Å². The van der Waals surface area contributed by atoms with Gasteiger partial charge in [0.05, 0.1) is 6.10 Å². The third-order valence-corrected chi connectivity index (χ3v) is 3.45. The topological polar surface area (TPSA) is 30.5 Å². The molecule has 0 aliphatic heterocycles. The summed E-state index contributed by atoms with van der Waals surface area (Å²) in [4.78, 5) is 0. The Morgan fingerprint density at radius 1 is 1.15 bits per heavy atom. The van der Waals surface area contributed by atoms with Crippen LogP contribution in [0.4, 0.5) is 18.9 Å². The van der Waals surface area contributed by atoms with E-state index in [1.807, 2.05) is 0 Å². The van der Waals surface area contributed by atoms with Crippen molar-refractivity contribution >= 4 is 5.69 Å². The molecule has 0 atom stereocenters. The van der Waals surface area contributed by atoms with Gasteiger partial charge in [-0.1, -0.05) is 6.07 Å². The van der Waals surface area contributed by atoms with E-state index in [-0.39, 0.29) is 11.8 Å². The number of nitrogens with one attached hydrogen (secondary N) is 1. The van der Waals surface area contributed by atoms with Crippen molar-refractivity contribution in [3.8, 4) is 5.75 Å². The van der Waals surface area contributed by atoms with E-state index in [2.05, 4.69) is 10.1 Å².